The van der Waals surface area contributed by atoms with Gasteiger partial charge in [0, 0.05) is 11.8 Å². The number of sulfonamides is 1. The zero-order valence-electron chi connectivity index (χ0n) is 14.4. The first-order valence-electron chi connectivity index (χ1n) is 7.80. The van der Waals surface area contributed by atoms with Crippen molar-refractivity contribution < 1.29 is 27.9 Å². The zero-order valence-corrected chi connectivity index (χ0v) is 15.3. The number of rotatable bonds is 5. The van der Waals surface area contributed by atoms with Gasteiger partial charge in [-0.05, 0) is 36.8 Å². The third-order valence-electron chi connectivity index (χ3n) is 4.19. The van der Waals surface area contributed by atoms with Gasteiger partial charge in [0.05, 0.1) is 7.11 Å². The second kappa shape index (κ2) is 6.47. The first-order valence-corrected chi connectivity index (χ1v) is 9.28. The highest BCUT2D eigenvalue weighted by atomic mass is 32.2. The van der Waals surface area contributed by atoms with Crippen LogP contribution in [0.1, 0.15) is 12.5 Å². The topological polar surface area (TPSA) is 134 Å². The van der Waals surface area contributed by atoms with Crippen LogP contribution in [0.25, 0.3) is 0 Å². The Morgan fingerprint density at radius 2 is 1.89 bits per heavy atom. The molecule has 1 fully saturated rings. The lowest BCUT2D eigenvalue weighted by Gasteiger charge is -2.22. The molecule has 3 amide bonds. The van der Waals surface area contributed by atoms with Crippen molar-refractivity contribution in [1.29, 1.82) is 0 Å². The Morgan fingerprint density at radius 3 is 2.52 bits per heavy atom. The number of nitrogens with one attached hydrogen (secondary N) is 3. The molecule has 1 aliphatic rings. The van der Waals surface area contributed by atoms with Gasteiger partial charge in [0.15, 0.2) is 0 Å². The van der Waals surface area contributed by atoms with Crippen LogP contribution in [0, 0.1) is 0 Å². The van der Waals surface area contributed by atoms with Gasteiger partial charge in [-0.2, -0.15) is 0 Å². The molecule has 1 atom stereocenters. The van der Waals surface area contributed by atoms with Crippen molar-refractivity contribution in [2.24, 2.45) is 0 Å². The number of imide groups is 1. The number of benzene rings is 2. The Kier molecular flexibility index (Phi) is 4.44. The molecule has 2 aromatic carbocycles. The number of phenolic OH excluding ortho intramolecular Hbond substituents is 1. The highest BCUT2D eigenvalue weighted by Crippen LogP contribution is 2.30. The number of ether oxygens (including phenoxy) is 1. The molecule has 3 rings (SSSR count). The molecule has 0 radical (unpaired) electrons. The summed E-state index contributed by atoms with van der Waals surface area (Å²) >= 11 is 0. The Hall–Kier alpha value is -3.27. The largest absolute Gasteiger partial charge is 0.507 e. The minimum Gasteiger partial charge on any atom is -0.507 e. The van der Waals surface area contributed by atoms with E-state index in [0.717, 1.165) is 0 Å². The maximum absolute atomic E-state index is 12.6. The third kappa shape index (κ3) is 3.38. The van der Waals surface area contributed by atoms with Gasteiger partial charge in [-0.1, -0.05) is 12.1 Å². The van der Waals surface area contributed by atoms with Gasteiger partial charge in [-0.3, -0.25) is 14.8 Å². The molecule has 0 aliphatic carbocycles. The molecule has 0 spiro atoms. The smallest absolute Gasteiger partial charge is 0.322 e. The minimum atomic E-state index is -4.13. The summed E-state index contributed by atoms with van der Waals surface area (Å²) in [6.45, 7) is 1.51. The van der Waals surface area contributed by atoms with Crippen molar-refractivity contribution in [3.05, 3.63) is 48.0 Å². The van der Waals surface area contributed by atoms with Crippen molar-refractivity contribution >= 4 is 27.6 Å². The molecule has 0 saturated carbocycles. The van der Waals surface area contributed by atoms with Crippen LogP contribution in [0.2, 0.25) is 0 Å². The van der Waals surface area contributed by atoms with E-state index in [9.17, 15) is 23.1 Å². The highest BCUT2D eigenvalue weighted by molar-refractivity contribution is 7.92. The predicted octanol–water partition coefficient (Wildman–Crippen LogP) is 1.26. The van der Waals surface area contributed by atoms with Gasteiger partial charge < -0.3 is 15.2 Å². The number of hydrogen-bond acceptors (Lipinski definition) is 6. The van der Waals surface area contributed by atoms with Gasteiger partial charge in [0.1, 0.15) is 21.9 Å². The molecule has 0 aromatic heterocycles. The summed E-state index contributed by atoms with van der Waals surface area (Å²) < 4.78 is 32.6. The van der Waals surface area contributed by atoms with Crippen molar-refractivity contribution in [3.63, 3.8) is 0 Å². The van der Waals surface area contributed by atoms with E-state index in [4.69, 9.17) is 4.74 Å². The lowest BCUT2D eigenvalue weighted by molar-refractivity contribution is -0.123. The molecule has 1 saturated heterocycles. The summed E-state index contributed by atoms with van der Waals surface area (Å²) in [7, 11) is -2.75. The van der Waals surface area contributed by atoms with Crippen LogP contribution < -0.4 is 20.1 Å². The number of aromatic hydroxyl groups is 1. The number of hydrogen-bond donors (Lipinski definition) is 4. The average molecular weight is 391 g/mol. The fourth-order valence-electron chi connectivity index (χ4n) is 2.69. The minimum absolute atomic E-state index is 0.157. The average Bonchev–Trinajstić information content (AvgIpc) is 2.88. The monoisotopic (exact) mass is 391 g/mol. The van der Waals surface area contributed by atoms with E-state index in [1.165, 1.54) is 44.4 Å². The SMILES string of the molecule is COc1ccc(O)c(S(=O)(=O)Nc2cccc(C3(C)NC(=O)NC3=O)c2)c1. The number of methoxy groups -OCH3 is 1. The zero-order chi connectivity index (χ0) is 19.8. The Labute approximate surface area is 155 Å². The van der Waals surface area contributed by atoms with Gasteiger partial charge in [-0.25, -0.2) is 13.2 Å². The van der Waals surface area contributed by atoms with E-state index >= 15 is 0 Å². The molecule has 0 bridgehead atoms. The summed E-state index contributed by atoms with van der Waals surface area (Å²) in [4.78, 5) is 23.1. The van der Waals surface area contributed by atoms with Crippen LogP contribution >= 0.6 is 0 Å². The maximum Gasteiger partial charge on any atom is 0.322 e. The second-order valence-electron chi connectivity index (χ2n) is 6.05. The predicted molar refractivity (Wildman–Crippen MR) is 95.9 cm³/mol. The quantitative estimate of drug-likeness (QED) is 0.567. The molecule has 4 N–H and O–H groups in total. The first kappa shape index (κ1) is 18.5. The molecule has 10 heteroatoms. The Morgan fingerprint density at radius 1 is 1.15 bits per heavy atom. The van der Waals surface area contributed by atoms with Crippen molar-refractivity contribution in [1.82, 2.24) is 10.6 Å². The van der Waals surface area contributed by atoms with Gasteiger partial charge in [0.25, 0.3) is 15.9 Å². The number of anilines is 1. The Balaban J connectivity index is 1.95. The first-order chi connectivity index (χ1) is 12.7. The molecule has 27 heavy (non-hydrogen) atoms. The summed E-state index contributed by atoms with van der Waals surface area (Å²) in [5, 5.41) is 14.6. The molecular formula is C17H17N3O6S. The molecule has 1 heterocycles. The number of urea groups is 1. The van der Waals surface area contributed by atoms with E-state index < -0.39 is 33.3 Å². The van der Waals surface area contributed by atoms with Crippen molar-refractivity contribution in [2.45, 2.75) is 17.4 Å². The number of amides is 3. The van der Waals surface area contributed by atoms with E-state index in [2.05, 4.69) is 15.4 Å². The number of carbonyl (C=O) groups is 2. The third-order valence-corrected chi connectivity index (χ3v) is 5.60. The van der Waals surface area contributed by atoms with Crippen LogP contribution in [0.5, 0.6) is 11.5 Å². The summed E-state index contributed by atoms with van der Waals surface area (Å²) in [5.74, 6) is -0.716. The fourth-order valence-corrected chi connectivity index (χ4v) is 3.85. The van der Waals surface area contributed by atoms with Gasteiger partial charge in [0.2, 0.25) is 0 Å². The van der Waals surface area contributed by atoms with E-state index in [1.807, 2.05) is 0 Å². The summed E-state index contributed by atoms with van der Waals surface area (Å²) in [5.41, 5.74) is -0.776. The van der Waals surface area contributed by atoms with Gasteiger partial charge >= 0.3 is 6.03 Å². The second-order valence-corrected chi connectivity index (χ2v) is 7.70. The van der Waals surface area contributed by atoms with E-state index in [1.54, 1.807) is 12.1 Å². The summed E-state index contributed by atoms with van der Waals surface area (Å²) in [6, 6.07) is 9.24. The van der Waals surface area contributed by atoms with Gasteiger partial charge in [-0.15, -0.1) is 0 Å². The molecule has 9 nitrogen and oxygen atoms in total. The summed E-state index contributed by atoms with van der Waals surface area (Å²) in [6.07, 6.45) is 0. The van der Waals surface area contributed by atoms with Crippen LogP contribution in [0.3, 0.4) is 0 Å². The van der Waals surface area contributed by atoms with E-state index in [0.29, 0.717) is 5.56 Å². The molecule has 1 aliphatic heterocycles. The normalized spacial score (nSPS) is 19.3. The molecule has 1 unspecified atom stereocenters. The van der Waals surface area contributed by atoms with Crippen LogP contribution in [0.4, 0.5) is 10.5 Å². The number of carbonyl (C=O) groups excluding carboxylic acids is 2. The van der Waals surface area contributed by atoms with Crippen molar-refractivity contribution in [2.75, 3.05) is 11.8 Å². The Bertz CT molecular complexity index is 1040. The van der Waals surface area contributed by atoms with Crippen LogP contribution in [0.15, 0.2) is 47.4 Å². The van der Waals surface area contributed by atoms with E-state index in [-0.39, 0.29) is 16.3 Å². The standard InChI is InChI=1S/C17H17N3O6S/c1-17(15(22)18-16(23)19-17)10-4-3-5-11(8-10)20-27(24,25)14-9-12(26-2)6-7-13(14)21/h3-9,20-21H,1-2H3,(H2,18,19,22,23). The highest BCUT2D eigenvalue weighted by Gasteiger charge is 2.43. The number of phenols is 1. The molecular weight excluding hydrogens is 374 g/mol. The molecule has 2 aromatic rings. The lowest BCUT2D eigenvalue weighted by atomic mass is 9.92. The van der Waals surface area contributed by atoms with Crippen LogP contribution in [-0.2, 0) is 20.4 Å². The lowest BCUT2D eigenvalue weighted by Crippen LogP contribution is -2.40. The van der Waals surface area contributed by atoms with Crippen molar-refractivity contribution in [3.8, 4) is 11.5 Å². The maximum atomic E-state index is 12.6. The van der Waals surface area contributed by atoms with Crippen LogP contribution in [-0.4, -0.2) is 32.6 Å². The fraction of sp³-hybridized carbons (Fsp3) is 0.176. The molecule has 142 valence electrons.